The number of carboxylic acid groups (broad SMARTS) is 1. The van der Waals surface area contributed by atoms with Gasteiger partial charge in [-0.25, -0.2) is 0 Å². The molecule has 23 heavy (non-hydrogen) atoms. The molecule has 128 valence electrons. The first-order valence-electron chi connectivity index (χ1n) is 7.74. The number of pyridine rings is 1. The summed E-state index contributed by atoms with van der Waals surface area (Å²) in [7, 11) is -2.08. The fourth-order valence-electron chi connectivity index (χ4n) is 2.90. The number of piperidine rings is 1. The molecule has 1 atom stereocenters. The van der Waals surface area contributed by atoms with Gasteiger partial charge in [0, 0.05) is 26.3 Å². The number of aliphatic carboxylic acids is 1. The Bertz CT molecular complexity index is 627. The second-order valence-electron chi connectivity index (χ2n) is 5.71. The molecule has 1 aromatic rings. The summed E-state index contributed by atoms with van der Waals surface area (Å²) in [5.74, 6) is -1.31. The van der Waals surface area contributed by atoms with Crippen LogP contribution in [0.3, 0.4) is 0 Å². The molecule has 8 heteroatoms. The van der Waals surface area contributed by atoms with Crippen molar-refractivity contribution >= 4 is 16.2 Å². The van der Waals surface area contributed by atoms with Crippen LogP contribution in [-0.2, 0) is 15.0 Å². The van der Waals surface area contributed by atoms with Crippen LogP contribution in [0.4, 0.5) is 0 Å². The number of rotatable bonds is 6. The molecule has 1 aliphatic rings. The molecule has 2 heterocycles. The zero-order chi connectivity index (χ0) is 17.0. The summed E-state index contributed by atoms with van der Waals surface area (Å²) < 4.78 is 28.3. The van der Waals surface area contributed by atoms with Crippen molar-refractivity contribution in [2.45, 2.75) is 32.2 Å². The van der Waals surface area contributed by atoms with Gasteiger partial charge in [-0.05, 0) is 31.4 Å². The summed E-state index contributed by atoms with van der Waals surface area (Å²) in [6.07, 6.45) is 2.96. The maximum atomic E-state index is 12.8. The van der Waals surface area contributed by atoms with E-state index in [1.54, 1.807) is 19.3 Å². The van der Waals surface area contributed by atoms with Gasteiger partial charge in [0.05, 0.1) is 17.7 Å². The Kier molecular flexibility index (Phi) is 5.72. The van der Waals surface area contributed by atoms with Crippen molar-refractivity contribution < 1.29 is 18.3 Å². The van der Waals surface area contributed by atoms with Crippen molar-refractivity contribution in [3.05, 3.63) is 30.1 Å². The minimum atomic E-state index is -3.64. The number of nitrogens with zero attached hydrogens (tertiary/aromatic N) is 3. The number of aromatic nitrogens is 1. The van der Waals surface area contributed by atoms with Crippen LogP contribution in [-0.4, -0.2) is 53.2 Å². The topological polar surface area (TPSA) is 90.8 Å². The molecular weight excluding hydrogens is 318 g/mol. The summed E-state index contributed by atoms with van der Waals surface area (Å²) in [6, 6.07) is 5.11. The van der Waals surface area contributed by atoms with Gasteiger partial charge in [0.1, 0.15) is 0 Å². The van der Waals surface area contributed by atoms with Crippen molar-refractivity contribution in [3.63, 3.8) is 0 Å². The Hall–Kier alpha value is -1.51. The first kappa shape index (κ1) is 17.8. The molecule has 1 unspecified atom stereocenters. The van der Waals surface area contributed by atoms with Crippen LogP contribution >= 0.6 is 0 Å². The predicted octanol–water partition coefficient (Wildman–Crippen LogP) is 1.51. The number of hydrogen-bond acceptors (Lipinski definition) is 4. The van der Waals surface area contributed by atoms with Crippen molar-refractivity contribution in [2.75, 3.05) is 20.1 Å². The quantitative estimate of drug-likeness (QED) is 0.847. The lowest BCUT2D eigenvalue weighted by Gasteiger charge is -2.35. The highest BCUT2D eigenvalue weighted by Crippen LogP contribution is 2.28. The second kappa shape index (κ2) is 7.37. The van der Waals surface area contributed by atoms with Crippen LogP contribution in [0.1, 0.15) is 37.9 Å². The molecular formula is C15H23N3O4S. The van der Waals surface area contributed by atoms with Crippen molar-refractivity contribution in [1.29, 1.82) is 0 Å². The van der Waals surface area contributed by atoms with E-state index >= 15 is 0 Å². The molecule has 0 saturated carbocycles. The summed E-state index contributed by atoms with van der Waals surface area (Å²) in [5.41, 5.74) is 0.710. The van der Waals surface area contributed by atoms with E-state index in [2.05, 4.69) is 4.98 Å². The van der Waals surface area contributed by atoms with Gasteiger partial charge in [0.25, 0.3) is 10.2 Å². The van der Waals surface area contributed by atoms with Crippen molar-refractivity contribution in [2.24, 2.45) is 5.92 Å². The van der Waals surface area contributed by atoms with Gasteiger partial charge in [0.15, 0.2) is 0 Å². The Morgan fingerprint density at radius 2 is 2.09 bits per heavy atom. The van der Waals surface area contributed by atoms with E-state index in [1.165, 1.54) is 8.61 Å². The third-order valence-corrected chi connectivity index (χ3v) is 6.35. The molecule has 0 amide bonds. The van der Waals surface area contributed by atoms with E-state index in [1.807, 2.05) is 19.1 Å². The van der Waals surface area contributed by atoms with Crippen molar-refractivity contribution in [3.8, 4) is 0 Å². The summed E-state index contributed by atoms with van der Waals surface area (Å²) in [6.45, 7) is 2.40. The van der Waals surface area contributed by atoms with E-state index in [4.69, 9.17) is 5.11 Å². The molecule has 0 bridgehead atoms. The normalized spacial score (nSPS) is 18.9. The summed E-state index contributed by atoms with van der Waals surface area (Å²) in [4.78, 5) is 15.3. The molecule has 1 fully saturated rings. The van der Waals surface area contributed by atoms with Crippen LogP contribution in [0.2, 0.25) is 0 Å². The molecule has 1 aliphatic heterocycles. The van der Waals surface area contributed by atoms with Crippen LogP contribution in [0.5, 0.6) is 0 Å². The zero-order valence-corrected chi connectivity index (χ0v) is 14.2. The summed E-state index contributed by atoms with van der Waals surface area (Å²) >= 11 is 0. The van der Waals surface area contributed by atoms with Gasteiger partial charge in [-0.15, -0.1) is 0 Å². The minimum Gasteiger partial charge on any atom is -0.481 e. The maximum absolute atomic E-state index is 12.8. The van der Waals surface area contributed by atoms with Crippen LogP contribution < -0.4 is 0 Å². The van der Waals surface area contributed by atoms with Gasteiger partial charge >= 0.3 is 5.97 Å². The minimum absolute atomic E-state index is 0.238. The van der Waals surface area contributed by atoms with Gasteiger partial charge in [-0.2, -0.15) is 17.0 Å². The Labute approximate surface area is 137 Å². The highest BCUT2D eigenvalue weighted by molar-refractivity contribution is 7.86. The van der Waals surface area contributed by atoms with Crippen LogP contribution in [0, 0.1) is 5.92 Å². The molecule has 1 aromatic heterocycles. The average molecular weight is 341 g/mol. The van der Waals surface area contributed by atoms with Gasteiger partial charge in [-0.3, -0.25) is 9.78 Å². The highest BCUT2D eigenvalue weighted by atomic mass is 32.2. The lowest BCUT2D eigenvalue weighted by atomic mass is 9.99. The summed E-state index contributed by atoms with van der Waals surface area (Å²) in [5, 5.41) is 9.02. The molecule has 7 nitrogen and oxygen atoms in total. The largest absolute Gasteiger partial charge is 0.481 e. The first-order chi connectivity index (χ1) is 10.9. The predicted molar refractivity (Wildman–Crippen MR) is 85.9 cm³/mol. The lowest BCUT2D eigenvalue weighted by molar-refractivity contribution is -0.142. The van der Waals surface area contributed by atoms with E-state index in [0.717, 1.165) is 0 Å². The third-order valence-electron chi connectivity index (χ3n) is 4.35. The molecule has 0 radical (unpaired) electrons. The Balaban J connectivity index is 2.14. The van der Waals surface area contributed by atoms with E-state index in [0.29, 0.717) is 25.0 Å². The molecule has 1 saturated heterocycles. The van der Waals surface area contributed by atoms with Gasteiger partial charge in [0.2, 0.25) is 0 Å². The first-order valence-corrected chi connectivity index (χ1v) is 9.14. The van der Waals surface area contributed by atoms with Crippen molar-refractivity contribution in [1.82, 2.24) is 13.6 Å². The zero-order valence-electron chi connectivity index (χ0n) is 13.4. The molecule has 1 N–H and O–H groups in total. The molecule has 0 aromatic carbocycles. The standard InChI is InChI=1S/C15H23N3O4S/c1-3-14(13-6-4-5-9-16-13)17(2)23(21,22)18-10-7-12(8-11-18)15(19)20/h4-6,9,12,14H,3,7-8,10-11H2,1-2H3,(H,19,20). The lowest BCUT2D eigenvalue weighted by Crippen LogP contribution is -2.47. The number of carboxylic acids is 1. The monoisotopic (exact) mass is 341 g/mol. The third kappa shape index (κ3) is 3.88. The average Bonchev–Trinajstić information content (AvgIpc) is 2.56. The SMILES string of the molecule is CCC(c1ccccn1)N(C)S(=O)(=O)N1CCC(C(=O)O)CC1. The molecule has 2 rings (SSSR count). The van der Waals surface area contributed by atoms with Gasteiger partial charge in [-0.1, -0.05) is 13.0 Å². The second-order valence-corrected chi connectivity index (χ2v) is 7.70. The van der Waals surface area contributed by atoms with Gasteiger partial charge < -0.3 is 5.11 Å². The Morgan fingerprint density at radius 1 is 1.43 bits per heavy atom. The highest BCUT2D eigenvalue weighted by Gasteiger charge is 2.36. The van der Waals surface area contributed by atoms with E-state index in [-0.39, 0.29) is 19.1 Å². The smallest absolute Gasteiger partial charge is 0.306 e. The maximum Gasteiger partial charge on any atom is 0.306 e. The fraction of sp³-hybridized carbons (Fsp3) is 0.600. The molecule has 0 aliphatic carbocycles. The number of carbonyl (C=O) groups is 1. The van der Waals surface area contributed by atoms with E-state index in [9.17, 15) is 13.2 Å². The Morgan fingerprint density at radius 3 is 2.57 bits per heavy atom. The fourth-order valence-corrected chi connectivity index (χ4v) is 4.52. The van der Waals surface area contributed by atoms with Crippen LogP contribution in [0.15, 0.2) is 24.4 Å². The van der Waals surface area contributed by atoms with Crippen LogP contribution in [0.25, 0.3) is 0 Å². The number of hydrogen-bond donors (Lipinski definition) is 1. The molecule has 0 spiro atoms. The van der Waals surface area contributed by atoms with E-state index < -0.39 is 22.1 Å².